The smallest absolute Gasteiger partial charge is 0.0184 e. The van der Waals surface area contributed by atoms with Gasteiger partial charge in [0.15, 0.2) is 0 Å². The van der Waals surface area contributed by atoms with Crippen LogP contribution in [0, 0.1) is 27.7 Å². The molecule has 0 atom stereocenters. The molecular formula is C74H74Hf2Si2-4. The second-order valence-electron chi connectivity index (χ2n) is 20.4. The predicted molar refractivity (Wildman–Crippen MR) is 339 cm³/mol. The van der Waals surface area contributed by atoms with Gasteiger partial charge in [-0.15, -0.1) is 132 Å². The normalized spacial score (nSPS) is 10.5. The van der Waals surface area contributed by atoms with Gasteiger partial charge in [0.2, 0.25) is 0 Å². The average molecular weight is 1380 g/mol. The maximum atomic E-state index is 2.97. The minimum absolute atomic E-state index is 0. The molecule has 0 aliphatic carbocycles. The molecule has 6 radical (unpaired) electrons. The van der Waals surface area contributed by atoms with E-state index in [1.165, 1.54) is 141 Å². The Morgan fingerprint density at radius 2 is 0.628 bits per heavy atom. The molecule has 390 valence electrons. The van der Waals surface area contributed by atoms with Crippen LogP contribution in [-0.4, -0.2) is 20.5 Å². The zero-order chi connectivity index (χ0) is 54.0. The van der Waals surface area contributed by atoms with E-state index in [9.17, 15) is 0 Å². The van der Waals surface area contributed by atoms with Crippen LogP contribution in [0.3, 0.4) is 0 Å². The third kappa shape index (κ3) is 16.2. The number of rotatable bonds is 9. The van der Waals surface area contributed by atoms with Crippen molar-refractivity contribution in [3.63, 3.8) is 0 Å². The number of fused-ring (bicyclic) bond motifs is 4. The summed E-state index contributed by atoms with van der Waals surface area (Å²) in [5.41, 5.74) is 17.6. The first-order chi connectivity index (χ1) is 37.0. The second kappa shape index (κ2) is 31.2. The zero-order valence-electron chi connectivity index (χ0n) is 47.3. The van der Waals surface area contributed by atoms with Crippen LogP contribution in [0.15, 0.2) is 237 Å². The Balaban J connectivity index is 0.000000188. The molecule has 78 heavy (non-hydrogen) atoms. The molecule has 4 heteroatoms. The molecule has 0 aliphatic heterocycles. The first kappa shape index (κ1) is 63.2. The fourth-order valence-electron chi connectivity index (χ4n) is 10.4. The maximum Gasteiger partial charge on any atom is 0.0184 e. The van der Waals surface area contributed by atoms with Gasteiger partial charge in [0.25, 0.3) is 0 Å². The van der Waals surface area contributed by atoms with Gasteiger partial charge in [-0.3, -0.25) is 0 Å². The van der Waals surface area contributed by atoms with Crippen LogP contribution < -0.4 is 0 Å². The summed E-state index contributed by atoms with van der Waals surface area (Å²) < 4.78 is 0. The molecule has 0 spiro atoms. The molecule has 0 N–H and O–H groups in total. The van der Waals surface area contributed by atoms with Crippen molar-refractivity contribution >= 4 is 63.6 Å². The van der Waals surface area contributed by atoms with Crippen molar-refractivity contribution in [3.8, 4) is 44.5 Å². The zero-order valence-corrected chi connectivity index (χ0v) is 56.5. The quantitative estimate of drug-likeness (QED) is 0.0768. The first-order valence-electron chi connectivity index (χ1n) is 27.0. The topological polar surface area (TPSA) is 0 Å². The van der Waals surface area contributed by atoms with Crippen LogP contribution in [0.5, 0.6) is 0 Å². The van der Waals surface area contributed by atoms with Crippen LogP contribution in [0.25, 0.3) is 87.6 Å². The average Bonchev–Trinajstić information content (AvgIpc) is 4.35. The number of unbranched alkanes of at least 4 members (excludes halogenated alkanes) is 2. The fourth-order valence-corrected chi connectivity index (χ4v) is 10.4. The van der Waals surface area contributed by atoms with E-state index in [4.69, 9.17) is 0 Å². The molecule has 0 amide bonds. The van der Waals surface area contributed by atoms with Gasteiger partial charge in [0.1, 0.15) is 0 Å². The van der Waals surface area contributed by atoms with Crippen molar-refractivity contribution in [2.45, 2.75) is 92.7 Å². The summed E-state index contributed by atoms with van der Waals surface area (Å²) in [5.74, 6) is 0. The summed E-state index contributed by atoms with van der Waals surface area (Å²) in [6.07, 6.45) is 5.17. The van der Waals surface area contributed by atoms with E-state index in [1.54, 1.807) is 13.1 Å². The molecule has 0 aromatic heterocycles. The molecule has 0 aliphatic rings. The van der Waals surface area contributed by atoms with Crippen molar-refractivity contribution in [3.05, 3.63) is 264 Å². The van der Waals surface area contributed by atoms with Gasteiger partial charge >= 0.3 is 0 Å². The molecule has 12 rings (SSSR count). The summed E-state index contributed by atoms with van der Waals surface area (Å²) in [7, 11) is 5.94. The van der Waals surface area contributed by atoms with Crippen molar-refractivity contribution < 1.29 is 51.7 Å². The molecular weight excluding hydrogens is 1300 g/mol. The van der Waals surface area contributed by atoms with E-state index >= 15 is 0 Å². The van der Waals surface area contributed by atoms with Gasteiger partial charge < -0.3 is 0 Å². The van der Waals surface area contributed by atoms with Crippen molar-refractivity contribution in [1.29, 1.82) is 0 Å². The summed E-state index contributed by atoms with van der Waals surface area (Å²) in [5, 5.41) is 10.8. The second-order valence-corrected chi connectivity index (χ2v) is 20.4. The summed E-state index contributed by atoms with van der Waals surface area (Å²) in [6.45, 7) is 19.3. The summed E-state index contributed by atoms with van der Waals surface area (Å²) >= 11 is 0. The maximum absolute atomic E-state index is 2.97. The van der Waals surface area contributed by atoms with Crippen LogP contribution in [0.2, 0.25) is 13.1 Å². The minimum atomic E-state index is 0. The fraction of sp³-hybridized carbons (Fsp3) is 0.189. The first-order valence-corrected chi connectivity index (χ1v) is 29.0. The molecule has 12 aromatic carbocycles. The molecule has 0 saturated heterocycles. The number of benzene rings is 8. The molecule has 0 unspecified atom stereocenters. The van der Waals surface area contributed by atoms with Gasteiger partial charge in [0.05, 0.1) is 0 Å². The number of hydrogen-bond donors (Lipinski definition) is 0. The van der Waals surface area contributed by atoms with Crippen LogP contribution >= 0.6 is 0 Å². The largest absolute Gasteiger partial charge is 0.165 e. The van der Waals surface area contributed by atoms with Gasteiger partial charge in [-0.1, -0.05) is 254 Å². The van der Waals surface area contributed by atoms with Crippen LogP contribution in [0.1, 0.15) is 74.3 Å². The Kier molecular flexibility index (Phi) is 25.3. The Morgan fingerprint density at radius 1 is 0.333 bits per heavy atom. The van der Waals surface area contributed by atoms with E-state index in [1.807, 2.05) is 0 Å². The third-order valence-corrected chi connectivity index (χ3v) is 14.2. The van der Waals surface area contributed by atoms with Crippen LogP contribution in [-0.2, 0) is 57.1 Å². The Hall–Kier alpha value is -5.63. The summed E-state index contributed by atoms with van der Waals surface area (Å²) in [6, 6.07) is 85.0. The van der Waals surface area contributed by atoms with E-state index in [0.29, 0.717) is 0 Å². The number of hydrogen-bond acceptors (Lipinski definition) is 0. The predicted octanol–water partition coefficient (Wildman–Crippen LogP) is 21.4. The summed E-state index contributed by atoms with van der Waals surface area (Å²) in [4.78, 5) is 0. The standard InChI is InChI=1S/C24H29.3C16H13.2CH3Si.2Hf/c1-5-6-10-13-24(3,4)21-16-20-14-18(2)15-22(20)23(17-21)19-11-8-7-9-12-19;3*1-12-10-14-8-5-9-15(16(14)11-12)13-6-3-2-4-7-13;2*1-2;;/h7-9,11-12,14-17H,5-6,10,13H2,1-4H3;3*2-11H,1H3;2*1H3;;/q4*-1;;;;. The van der Waals surface area contributed by atoms with Crippen molar-refractivity contribution in [2.75, 3.05) is 0 Å². The molecule has 0 nitrogen and oxygen atoms in total. The van der Waals surface area contributed by atoms with Gasteiger partial charge in [-0.25, -0.2) is 0 Å². The molecule has 0 fully saturated rings. The Bertz CT molecular complexity index is 3370. The van der Waals surface area contributed by atoms with E-state index in [2.05, 4.69) is 306 Å². The molecule has 12 aromatic rings. The van der Waals surface area contributed by atoms with E-state index < -0.39 is 0 Å². The van der Waals surface area contributed by atoms with Gasteiger partial charge in [-0.05, 0) is 34.1 Å². The molecule has 0 bridgehead atoms. The van der Waals surface area contributed by atoms with Gasteiger partial charge in [0, 0.05) is 72.2 Å². The van der Waals surface area contributed by atoms with E-state index in [-0.39, 0.29) is 57.1 Å². The van der Waals surface area contributed by atoms with Crippen molar-refractivity contribution in [1.82, 2.24) is 0 Å². The Labute approximate surface area is 512 Å². The minimum Gasteiger partial charge on any atom is -0.165 e. The van der Waals surface area contributed by atoms with Crippen LogP contribution in [0.4, 0.5) is 0 Å². The molecule has 0 saturated carbocycles. The van der Waals surface area contributed by atoms with Gasteiger partial charge in [-0.2, -0.15) is 24.3 Å². The number of aryl methyl sites for hydroxylation is 4. The van der Waals surface area contributed by atoms with Crippen molar-refractivity contribution in [2.24, 2.45) is 0 Å². The third-order valence-electron chi connectivity index (χ3n) is 14.2. The monoisotopic (exact) mass is 1380 g/mol. The SMILES string of the molecule is CCCCCC(C)(C)c1cc(-c2ccccc2)c2cc(C)[cH-]c2c1.C[Si].C[Si].Cc1cc2c(-c3ccccc3)cccc2[cH-]1.Cc1cc2c(-c3ccccc3)cccc2[cH-]1.Cc1cc2c(-c3ccccc3)cccc2[cH-]1.[Hf].[Hf]. The Morgan fingerprint density at radius 3 is 0.949 bits per heavy atom. The van der Waals surface area contributed by atoms with E-state index in [0.717, 1.165) is 0 Å². The molecule has 0 heterocycles.